The number of nitrogen functional groups attached to an aromatic ring is 1. The third-order valence-corrected chi connectivity index (χ3v) is 4.60. The van der Waals surface area contributed by atoms with Crippen LogP contribution in [-0.2, 0) is 6.54 Å². The van der Waals surface area contributed by atoms with Crippen LogP contribution in [0.4, 0.5) is 5.69 Å². The van der Waals surface area contributed by atoms with E-state index in [4.69, 9.17) is 5.73 Å². The summed E-state index contributed by atoms with van der Waals surface area (Å²) in [5, 5.41) is 0. The molecule has 112 valence electrons. The van der Waals surface area contributed by atoms with Crippen molar-refractivity contribution in [1.82, 2.24) is 4.90 Å². The lowest BCUT2D eigenvalue weighted by Gasteiger charge is -2.41. The van der Waals surface area contributed by atoms with Gasteiger partial charge in [-0.15, -0.1) is 0 Å². The van der Waals surface area contributed by atoms with Crippen LogP contribution in [0.1, 0.15) is 52.5 Å². The van der Waals surface area contributed by atoms with Crippen LogP contribution >= 0.6 is 0 Å². The quantitative estimate of drug-likeness (QED) is 0.829. The Bertz CT molecular complexity index is 417. The molecule has 0 amide bonds. The standard InChI is InChI=1S/C18H30N2/c1-13(2)20(12-16-6-5-7-17(19)11-16)18-9-14(3)8-15(4)10-18/h5-7,11,13-15,18H,8-10,12,19H2,1-4H3. The van der Waals surface area contributed by atoms with E-state index in [9.17, 15) is 0 Å². The van der Waals surface area contributed by atoms with Crippen molar-refractivity contribution in [2.75, 3.05) is 5.73 Å². The second-order valence-corrected chi connectivity index (χ2v) is 7.08. The summed E-state index contributed by atoms with van der Waals surface area (Å²) in [5.74, 6) is 1.71. The van der Waals surface area contributed by atoms with Crippen molar-refractivity contribution in [2.45, 2.75) is 65.6 Å². The molecule has 2 nitrogen and oxygen atoms in total. The molecule has 20 heavy (non-hydrogen) atoms. The molecule has 0 aromatic heterocycles. The van der Waals surface area contributed by atoms with Crippen LogP contribution in [0.2, 0.25) is 0 Å². The normalized spacial score (nSPS) is 27.2. The summed E-state index contributed by atoms with van der Waals surface area (Å²) in [6.45, 7) is 10.5. The third kappa shape index (κ3) is 3.99. The smallest absolute Gasteiger partial charge is 0.0317 e. The summed E-state index contributed by atoms with van der Waals surface area (Å²) >= 11 is 0. The summed E-state index contributed by atoms with van der Waals surface area (Å²) in [7, 11) is 0. The average Bonchev–Trinajstić information content (AvgIpc) is 2.34. The Kier molecular flexibility index (Phi) is 5.09. The van der Waals surface area contributed by atoms with Crippen molar-refractivity contribution in [1.29, 1.82) is 0 Å². The van der Waals surface area contributed by atoms with E-state index in [1.165, 1.54) is 24.8 Å². The lowest BCUT2D eigenvalue weighted by atomic mass is 9.79. The van der Waals surface area contributed by atoms with Gasteiger partial charge in [0, 0.05) is 24.3 Å². The minimum atomic E-state index is 0.582. The predicted octanol–water partition coefficient (Wildman–Crippen LogP) is 4.30. The minimum Gasteiger partial charge on any atom is -0.399 e. The molecule has 1 fully saturated rings. The zero-order valence-electron chi connectivity index (χ0n) is 13.5. The Morgan fingerprint density at radius 2 is 1.80 bits per heavy atom. The van der Waals surface area contributed by atoms with Gasteiger partial charge in [-0.3, -0.25) is 4.90 Å². The third-order valence-electron chi connectivity index (χ3n) is 4.60. The highest BCUT2D eigenvalue weighted by molar-refractivity contribution is 5.40. The molecule has 1 aliphatic rings. The van der Waals surface area contributed by atoms with Gasteiger partial charge < -0.3 is 5.73 Å². The fourth-order valence-corrected chi connectivity index (χ4v) is 3.81. The van der Waals surface area contributed by atoms with Crippen LogP contribution in [-0.4, -0.2) is 17.0 Å². The molecule has 0 saturated heterocycles. The molecule has 1 saturated carbocycles. The maximum atomic E-state index is 5.91. The molecule has 0 heterocycles. The minimum absolute atomic E-state index is 0.582. The first kappa shape index (κ1) is 15.4. The highest BCUT2D eigenvalue weighted by atomic mass is 15.2. The predicted molar refractivity (Wildman–Crippen MR) is 87.5 cm³/mol. The maximum absolute atomic E-state index is 5.91. The number of nitrogens with two attached hydrogens (primary N) is 1. The summed E-state index contributed by atoms with van der Waals surface area (Å²) in [4.78, 5) is 2.67. The molecule has 1 aromatic rings. The van der Waals surface area contributed by atoms with Crippen molar-refractivity contribution in [3.8, 4) is 0 Å². The Labute approximate surface area is 124 Å². The van der Waals surface area contributed by atoms with Gasteiger partial charge in [0.25, 0.3) is 0 Å². The van der Waals surface area contributed by atoms with E-state index in [-0.39, 0.29) is 0 Å². The summed E-state index contributed by atoms with van der Waals surface area (Å²) in [6.07, 6.45) is 4.07. The lowest BCUT2D eigenvalue weighted by molar-refractivity contribution is 0.0761. The summed E-state index contributed by atoms with van der Waals surface area (Å²) < 4.78 is 0. The van der Waals surface area contributed by atoms with E-state index < -0.39 is 0 Å². The van der Waals surface area contributed by atoms with Crippen LogP contribution in [0.25, 0.3) is 0 Å². The van der Waals surface area contributed by atoms with Gasteiger partial charge in [-0.2, -0.15) is 0 Å². The monoisotopic (exact) mass is 274 g/mol. The van der Waals surface area contributed by atoms with Crippen molar-refractivity contribution in [2.24, 2.45) is 11.8 Å². The molecule has 2 heteroatoms. The molecule has 2 atom stereocenters. The fraction of sp³-hybridized carbons (Fsp3) is 0.667. The first-order chi connectivity index (χ1) is 9.45. The van der Waals surface area contributed by atoms with Crippen LogP contribution < -0.4 is 5.73 Å². The van der Waals surface area contributed by atoms with Gasteiger partial charge in [0.05, 0.1) is 0 Å². The molecule has 2 N–H and O–H groups in total. The largest absolute Gasteiger partial charge is 0.399 e. The fourth-order valence-electron chi connectivity index (χ4n) is 3.81. The maximum Gasteiger partial charge on any atom is 0.0317 e. The zero-order valence-corrected chi connectivity index (χ0v) is 13.5. The van der Waals surface area contributed by atoms with E-state index in [1.54, 1.807) is 0 Å². The summed E-state index contributed by atoms with van der Waals surface area (Å²) in [5.41, 5.74) is 8.12. The number of hydrogen-bond donors (Lipinski definition) is 1. The van der Waals surface area contributed by atoms with Gasteiger partial charge in [0.2, 0.25) is 0 Å². The van der Waals surface area contributed by atoms with Gasteiger partial charge in [0.1, 0.15) is 0 Å². The molecule has 0 aliphatic heterocycles. The molecular formula is C18H30N2. The average molecular weight is 274 g/mol. The van der Waals surface area contributed by atoms with E-state index >= 15 is 0 Å². The number of nitrogens with zero attached hydrogens (tertiary/aromatic N) is 1. The molecule has 2 rings (SSSR count). The highest BCUT2D eigenvalue weighted by Gasteiger charge is 2.29. The topological polar surface area (TPSA) is 29.3 Å². The SMILES string of the molecule is CC1CC(C)CC(N(Cc2cccc(N)c2)C(C)C)C1. The Balaban J connectivity index is 2.10. The molecule has 0 radical (unpaired) electrons. The van der Waals surface area contributed by atoms with Gasteiger partial charge in [-0.05, 0) is 62.6 Å². The lowest BCUT2D eigenvalue weighted by Crippen LogP contribution is -2.43. The molecular weight excluding hydrogens is 244 g/mol. The molecule has 2 unspecified atom stereocenters. The van der Waals surface area contributed by atoms with Crippen molar-refractivity contribution < 1.29 is 0 Å². The van der Waals surface area contributed by atoms with E-state index in [0.717, 1.165) is 30.1 Å². The second kappa shape index (κ2) is 6.62. The Morgan fingerprint density at radius 1 is 1.15 bits per heavy atom. The van der Waals surface area contributed by atoms with Crippen molar-refractivity contribution >= 4 is 5.69 Å². The van der Waals surface area contributed by atoms with Crippen molar-refractivity contribution in [3.05, 3.63) is 29.8 Å². The van der Waals surface area contributed by atoms with Crippen LogP contribution in [0, 0.1) is 11.8 Å². The van der Waals surface area contributed by atoms with Crippen LogP contribution in [0.15, 0.2) is 24.3 Å². The molecule has 0 bridgehead atoms. The van der Waals surface area contributed by atoms with E-state index in [0.29, 0.717) is 6.04 Å². The zero-order chi connectivity index (χ0) is 14.7. The van der Waals surface area contributed by atoms with Gasteiger partial charge in [-0.1, -0.05) is 26.0 Å². The van der Waals surface area contributed by atoms with Crippen LogP contribution in [0.5, 0.6) is 0 Å². The number of rotatable bonds is 4. The van der Waals surface area contributed by atoms with Gasteiger partial charge >= 0.3 is 0 Å². The Hall–Kier alpha value is -1.02. The second-order valence-electron chi connectivity index (χ2n) is 7.08. The van der Waals surface area contributed by atoms with E-state index in [1.807, 2.05) is 6.07 Å². The summed E-state index contributed by atoms with van der Waals surface area (Å²) in [6, 6.07) is 9.64. The molecule has 1 aliphatic carbocycles. The number of anilines is 1. The Morgan fingerprint density at radius 3 is 2.35 bits per heavy atom. The first-order valence-corrected chi connectivity index (χ1v) is 8.06. The van der Waals surface area contributed by atoms with Gasteiger partial charge in [-0.25, -0.2) is 0 Å². The van der Waals surface area contributed by atoms with Crippen LogP contribution in [0.3, 0.4) is 0 Å². The molecule has 1 aromatic carbocycles. The first-order valence-electron chi connectivity index (χ1n) is 8.06. The number of hydrogen-bond acceptors (Lipinski definition) is 2. The van der Waals surface area contributed by atoms with E-state index in [2.05, 4.69) is 50.8 Å². The highest BCUT2D eigenvalue weighted by Crippen LogP contribution is 2.33. The molecule has 0 spiro atoms. The number of benzene rings is 1. The van der Waals surface area contributed by atoms with Gasteiger partial charge in [0.15, 0.2) is 0 Å². The van der Waals surface area contributed by atoms with Crippen molar-refractivity contribution in [3.63, 3.8) is 0 Å².